The van der Waals surface area contributed by atoms with Gasteiger partial charge in [0.15, 0.2) is 0 Å². The summed E-state index contributed by atoms with van der Waals surface area (Å²) in [5.41, 5.74) is 9.00. The van der Waals surface area contributed by atoms with E-state index >= 15 is 0 Å². The number of pyridine rings is 1. The molecule has 2 aromatic carbocycles. The van der Waals surface area contributed by atoms with Gasteiger partial charge in [0.25, 0.3) is 0 Å². The van der Waals surface area contributed by atoms with Gasteiger partial charge in [-0.25, -0.2) is 4.39 Å². The maximum Gasteiger partial charge on any atom is 0.244 e. The molecule has 4 rings (SSSR count). The topological polar surface area (TPSA) is 89.7 Å². The van der Waals surface area contributed by atoms with Crippen molar-refractivity contribution in [3.8, 4) is 11.1 Å². The highest BCUT2D eigenvalue weighted by Gasteiger charge is 2.33. The third-order valence-electron chi connectivity index (χ3n) is 5.43. The van der Waals surface area contributed by atoms with Crippen LogP contribution in [0.4, 0.5) is 15.8 Å². The van der Waals surface area contributed by atoms with Crippen LogP contribution in [0.3, 0.4) is 0 Å². The fraction of sp³-hybridized carbons (Fsp3) is 0.200. The minimum Gasteiger partial charge on any atom is -0.398 e. The van der Waals surface area contributed by atoms with E-state index in [1.54, 1.807) is 54.9 Å². The number of anilines is 2. The van der Waals surface area contributed by atoms with Crippen LogP contribution in [0.15, 0.2) is 71.9 Å². The summed E-state index contributed by atoms with van der Waals surface area (Å²) in [4.78, 5) is 18.7. The van der Waals surface area contributed by atoms with Gasteiger partial charge in [0.05, 0.1) is 12.6 Å². The zero-order valence-electron chi connectivity index (χ0n) is 18.5. The molecule has 34 heavy (non-hydrogen) atoms. The number of rotatable bonds is 7. The Morgan fingerprint density at radius 1 is 1.29 bits per heavy atom. The first-order valence-corrected chi connectivity index (χ1v) is 11.1. The van der Waals surface area contributed by atoms with Gasteiger partial charge in [-0.2, -0.15) is 0 Å². The number of nitrogens with two attached hydrogens (primary N) is 1. The van der Waals surface area contributed by atoms with E-state index in [1.807, 2.05) is 11.0 Å². The van der Waals surface area contributed by atoms with Gasteiger partial charge in [-0.1, -0.05) is 6.07 Å². The third-order valence-corrected chi connectivity index (χ3v) is 5.81. The summed E-state index contributed by atoms with van der Waals surface area (Å²) in [6.07, 6.45) is 5.35. The number of carbonyl (C=O) groups is 1. The number of amides is 1. The Kier molecular flexibility index (Phi) is 7.46. The molecule has 2 atom stereocenters. The average molecular weight is 481 g/mol. The molecule has 9 heteroatoms. The van der Waals surface area contributed by atoms with Crippen LogP contribution in [0, 0.1) is 5.82 Å². The van der Waals surface area contributed by atoms with Crippen LogP contribution in [-0.2, 0) is 14.3 Å². The molecular weight excluding hydrogens is 455 g/mol. The summed E-state index contributed by atoms with van der Waals surface area (Å²) < 4.78 is 26.1. The number of halogens is 1. The second-order valence-electron chi connectivity index (χ2n) is 7.75. The number of thiol groups is 1. The Hall–Kier alpha value is -3.40. The number of nitrogen functional groups attached to an aromatic ring is 1. The molecule has 0 bridgehead atoms. The molecule has 1 saturated heterocycles. The Morgan fingerprint density at radius 2 is 2.09 bits per heavy atom. The van der Waals surface area contributed by atoms with Crippen molar-refractivity contribution < 1.29 is 18.7 Å². The van der Waals surface area contributed by atoms with Crippen LogP contribution < -0.4 is 16.0 Å². The van der Waals surface area contributed by atoms with Crippen LogP contribution in [-0.4, -0.2) is 43.6 Å². The van der Waals surface area contributed by atoms with E-state index in [4.69, 9.17) is 15.2 Å². The molecule has 0 radical (unpaired) electrons. The summed E-state index contributed by atoms with van der Waals surface area (Å²) in [7, 11) is 1.52. The van der Waals surface area contributed by atoms with Gasteiger partial charge < -0.3 is 25.4 Å². The fourth-order valence-electron chi connectivity index (χ4n) is 3.67. The number of benzene rings is 2. The molecule has 3 N–H and O–H groups in total. The van der Waals surface area contributed by atoms with Crippen molar-refractivity contribution in [2.24, 2.45) is 0 Å². The standard InChI is InChI=1S/C25H25FN4O3S/c1-32-25-30(18-4-5-20(21(26)13-18)17-8-10-28-11-9-17)15-19(33-25)14-29-24(31)7-3-16-2-6-22(27)23(34)12-16/h2-13,19,25,34H,14-15,27H2,1H3,(H,29,31)/b7-3+. The summed E-state index contributed by atoms with van der Waals surface area (Å²) in [5.74, 6) is -0.617. The number of nitrogens with one attached hydrogen (secondary N) is 1. The Morgan fingerprint density at radius 3 is 2.79 bits per heavy atom. The molecule has 1 aliphatic heterocycles. The van der Waals surface area contributed by atoms with Crippen molar-refractivity contribution in [3.63, 3.8) is 0 Å². The Labute approximate surface area is 202 Å². The monoisotopic (exact) mass is 480 g/mol. The summed E-state index contributed by atoms with van der Waals surface area (Å²) in [6, 6.07) is 13.8. The van der Waals surface area contributed by atoms with E-state index in [2.05, 4.69) is 22.9 Å². The lowest BCUT2D eigenvalue weighted by atomic mass is 10.1. The molecule has 0 saturated carbocycles. The van der Waals surface area contributed by atoms with Gasteiger partial charge >= 0.3 is 0 Å². The van der Waals surface area contributed by atoms with Gasteiger partial charge in [0, 0.05) is 54.0 Å². The Balaban J connectivity index is 1.37. The molecular formula is C25H25FN4O3S. The van der Waals surface area contributed by atoms with Crippen LogP contribution in [0.1, 0.15) is 5.56 Å². The second-order valence-corrected chi connectivity index (χ2v) is 8.23. The van der Waals surface area contributed by atoms with Gasteiger partial charge in [-0.05, 0) is 59.7 Å². The minimum atomic E-state index is -0.688. The van der Waals surface area contributed by atoms with Crippen LogP contribution in [0.5, 0.6) is 0 Å². The Bertz CT molecular complexity index is 1190. The van der Waals surface area contributed by atoms with Crippen molar-refractivity contribution in [1.29, 1.82) is 0 Å². The van der Waals surface area contributed by atoms with Gasteiger partial charge in [0.2, 0.25) is 12.3 Å². The molecule has 1 amide bonds. The van der Waals surface area contributed by atoms with E-state index in [1.165, 1.54) is 19.3 Å². The van der Waals surface area contributed by atoms with Crippen LogP contribution in [0.25, 0.3) is 17.2 Å². The quantitative estimate of drug-likeness (QED) is 0.271. The highest BCUT2D eigenvalue weighted by Crippen LogP contribution is 2.30. The lowest BCUT2D eigenvalue weighted by molar-refractivity contribution is -0.122. The number of hydrogen-bond acceptors (Lipinski definition) is 7. The largest absolute Gasteiger partial charge is 0.398 e. The smallest absolute Gasteiger partial charge is 0.244 e. The van der Waals surface area contributed by atoms with E-state index < -0.39 is 6.41 Å². The molecule has 176 valence electrons. The normalized spacial score (nSPS) is 17.9. The van der Waals surface area contributed by atoms with Crippen molar-refractivity contribution in [2.45, 2.75) is 17.4 Å². The maximum atomic E-state index is 14.8. The highest BCUT2D eigenvalue weighted by atomic mass is 32.1. The summed E-state index contributed by atoms with van der Waals surface area (Å²) >= 11 is 4.28. The van der Waals surface area contributed by atoms with Gasteiger partial charge in [-0.3, -0.25) is 9.78 Å². The van der Waals surface area contributed by atoms with E-state index in [-0.39, 0.29) is 24.4 Å². The summed E-state index contributed by atoms with van der Waals surface area (Å²) in [5, 5.41) is 2.82. The van der Waals surface area contributed by atoms with Crippen molar-refractivity contribution >= 4 is 36.0 Å². The highest BCUT2D eigenvalue weighted by molar-refractivity contribution is 7.80. The first-order chi connectivity index (χ1) is 16.4. The predicted molar refractivity (Wildman–Crippen MR) is 133 cm³/mol. The van der Waals surface area contributed by atoms with Crippen molar-refractivity contribution in [3.05, 3.63) is 78.4 Å². The first kappa shape index (κ1) is 23.7. The van der Waals surface area contributed by atoms with Crippen molar-refractivity contribution in [1.82, 2.24) is 10.3 Å². The molecule has 1 aliphatic rings. The number of ether oxygens (including phenoxy) is 2. The second kappa shape index (κ2) is 10.7. The third kappa shape index (κ3) is 5.56. The van der Waals surface area contributed by atoms with Crippen LogP contribution in [0.2, 0.25) is 0 Å². The number of aromatic nitrogens is 1. The van der Waals surface area contributed by atoms with Crippen molar-refractivity contribution in [2.75, 3.05) is 30.8 Å². The molecule has 2 heterocycles. The number of hydrogen-bond donors (Lipinski definition) is 3. The number of nitrogens with zero attached hydrogens (tertiary/aromatic N) is 2. The van der Waals surface area contributed by atoms with Gasteiger partial charge in [0.1, 0.15) is 5.82 Å². The van der Waals surface area contributed by atoms with Crippen LogP contribution >= 0.6 is 12.6 Å². The SMILES string of the molecule is COC1OC(CNC(=O)/C=C/c2ccc(N)c(S)c2)CN1c1ccc(-c2ccncc2)c(F)c1. The zero-order chi connectivity index (χ0) is 24.1. The maximum absolute atomic E-state index is 14.8. The first-order valence-electron chi connectivity index (χ1n) is 10.6. The van der Waals surface area contributed by atoms with E-state index in [9.17, 15) is 9.18 Å². The lowest BCUT2D eigenvalue weighted by Crippen LogP contribution is -2.34. The average Bonchev–Trinajstić information content (AvgIpc) is 3.27. The van der Waals surface area contributed by atoms with E-state index in [0.29, 0.717) is 28.4 Å². The molecule has 2 unspecified atom stereocenters. The number of carbonyl (C=O) groups excluding carboxylic acids is 1. The molecule has 1 fully saturated rings. The van der Waals surface area contributed by atoms with Gasteiger partial charge in [-0.15, -0.1) is 12.6 Å². The molecule has 3 aromatic rings. The minimum absolute atomic E-state index is 0.263. The molecule has 0 spiro atoms. The lowest BCUT2D eigenvalue weighted by Gasteiger charge is -2.23. The zero-order valence-corrected chi connectivity index (χ0v) is 19.4. The summed E-state index contributed by atoms with van der Waals surface area (Å²) in [6.45, 7) is 0.703. The van der Waals surface area contributed by atoms with E-state index in [0.717, 1.165) is 11.1 Å². The molecule has 0 aliphatic carbocycles. The fourth-order valence-corrected chi connectivity index (χ4v) is 3.89. The number of methoxy groups -OCH3 is 1. The predicted octanol–water partition coefficient (Wildman–Crippen LogP) is 3.72. The molecule has 1 aromatic heterocycles. The molecule has 7 nitrogen and oxygen atoms in total.